The highest BCUT2D eigenvalue weighted by Crippen LogP contribution is 2.26. The maximum Gasteiger partial charge on any atom is 0.223 e. The predicted molar refractivity (Wildman–Crippen MR) is 75.7 cm³/mol. The second-order valence-corrected chi connectivity index (χ2v) is 6.20. The number of carbonyl (C=O) groups is 1. The highest BCUT2D eigenvalue weighted by Gasteiger charge is 2.24. The van der Waals surface area contributed by atoms with Crippen LogP contribution < -0.4 is 5.32 Å². The lowest BCUT2D eigenvalue weighted by atomic mass is 10.1. The molecule has 1 aliphatic carbocycles. The van der Waals surface area contributed by atoms with Crippen LogP contribution in [0.4, 0.5) is 0 Å². The molecule has 4 heteroatoms. The third kappa shape index (κ3) is 3.33. The number of likely N-dealkylation sites (N-methyl/N-ethyl adjacent to an activating group) is 1. The van der Waals surface area contributed by atoms with E-state index in [9.17, 15) is 4.79 Å². The minimum Gasteiger partial charge on any atom is -0.354 e. The van der Waals surface area contributed by atoms with Gasteiger partial charge in [-0.3, -0.25) is 4.79 Å². The number of nitrogens with zero attached hydrogens (tertiary/aromatic N) is 1. The van der Waals surface area contributed by atoms with Gasteiger partial charge in [-0.05, 0) is 38.4 Å². The Morgan fingerprint density at radius 3 is 2.78 bits per heavy atom. The molecule has 1 N–H and O–H groups in total. The second-order valence-electron chi connectivity index (χ2n) is 5.22. The zero-order chi connectivity index (χ0) is 13.0. The number of hydrogen-bond donors (Lipinski definition) is 1. The van der Waals surface area contributed by atoms with Gasteiger partial charge in [0.1, 0.15) is 0 Å². The smallest absolute Gasteiger partial charge is 0.223 e. The van der Waals surface area contributed by atoms with Crippen LogP contribution in [0.1, 0.15) is 36.6 Å². The van der Waals surface area contributed by atoms with Gasteiger partial charge >= 0.3 is 0 Å². The molecule has 0 radical (unpaired) electrons. The second kappa shape index (κ2) is 6.34. The molecule has 1 aromatic heterocycles. The van der Waals surface area contributed by atoms with Gasteiger partial charge in [0, 0.05) is 17.3 Å². The molecule has 0 bridgehead atoms. The summed E-state index contributed by atoms with van der Waals surface area (Å²) < 4.78 is 0. The highest BCUT2D eigenvalue weighted by atomic mass is 32.1. The molecular formula is C14H22N2OS. The van der Waals surface area contributed by atoms with Crippen molar-refractivity contribution in [1.82, 2.24) is 10.2 Å². The van der Waals surface area contributed by atoms with Gasteiger partial charge in [-0.2, -0.15) is 0 Å². The van der Waals surface area contributed by atoms with E-state index < -0.39 is 0 Å². The molecule has 0 unspecified atom stereocenters. The van der Waals surface area contributed by atoms with Crippen LogP contribution in [0.15, 0.2) is 17.5 Å². The van der Waals surface area contributed by atoms with Crippen molar-refractivity contribution in [3.8, 4) is 0 Å². The van der Waals surface area contributed by atoms with Crippen molar-refractivity contribution < 1.29 is 4.79 Å². The molecule has 2 rings (SSSR count). The Kier molecular flexibility index (Phi) is 4.78. The molecule has 1 heterocycles. The Labute approximate surface area is 113 Å². The summed E-state index contributed by atoms with van der Waals surface area (Å²) in [6, 6.07) is 4.49. The molecule has 0 aromatic carbocycles. The first kappa shape index (κ1) is 13.6. The Morgan fingerprint density at radius 2 is 2.22 bits per heavy atom. The Bertz CT molecular complexity index is 369. The molecule has 18 heavy (non-hydrogen) atoms. The van der Waals surface area contributed by atoms with Crippen LogP contribution in [0.25, 0.3) is 0 Å². The van der Waals surface area contributed by atoms with Crippen molar-refractivity contribution >= 4 is 17.2 Å². The third-order valence-electron chi connectivity index (χ3n) is 3.69. The molecule has 1 amide bonds. The quantitative estimate of drug-likeness (QED) is 0.888. The molecule has 100 valence electrons. The van der Waals surface area contributed by atoms with Gasteiger partial charge < -0.3 is 10.2 Å². The number of nitrogens with one attached hydrogen (secondary N) is 1. The summed E-state index contributed by atoms with van der Waals surface area (Å²) in [6.45, 7) is 0.711. The van der Waals surface area contributed by atoms with Crippen molar-refractivity contribution in [1.29, 1.82) is 0 Å². The van der Waals surface area contributed by atoms with Crippen LogP contribution in [0.3, 0.4) is 0 Å². The lowest BCUT2D eigenvalue weighted by Gasteiger charge is -2.24. The summed E-state index contributed by atoms with van der Waals surface area (Å²) in [6.07, 6.45) is 4.55. The van der Waals surface area contributed by atoms with Gasteiger partial charge in [0.25, 0.3) is 0 Å². The summed E-state index contributed by atoms with van der Waals surface area (Å²) in [7, 11) is 4.12. The van der Waals surface area contributed by atoms with Crippen molar-refractivity contribution in [3.05, 3.63) is 22.4 Å². The summed E-state index contributed by atoms with van der Waals surface area (Å²) >= 11 is 1.75. The SMILES string of the molecule is CN(C)[C@H](CNC(=O)C1CCCC1)c1cccs1. The van der Waals surface area contributed by atoms with Gasteiger partial charge in [-0.25, -0.2) is 0 Å². The van der Waals surface area contributed by atoms with E-state index in [1.807, 2.05) is 0 Å². The Balaban J connectivity index is 1.88. The fraction of sp³-hybridized carbons (Fsp3) is 0.643. The minimum atomic E-state index is 0.246. The van der Waals surface area contributed by atoms with Crippen molar-refractivity contribution in [2.75, 3.05) is 20.6 Å². The molecule has 3 nitrogen and oxygen atoms in total. The van der Waals surface area contributed by atoms with Gasteiger partial charge in [-0.15, -0.1) is 11.3 Å². The number of thiophene rings is 1. The lowest BCUT2D eigenvalue weighted by Crippen LogP contribution is -2.36. The van der Waals surface area contributed by atoms with E-state index in [4.69, 9.17) is 0 Å². The zero-order valence-electron chi connectivity index (χ0n) is 11.2. The first-order valence-corrected chi connectivity index (χ1v) is 7.54. The Hall–Kier alpha value is -0.870. The number of hydrogen-bond acceptors (Lipinski definition) is 3. The van der Waals surface area contributed by atoms with E-state index in [-0.39, 0.29) is 17.9 Å². The van der Waals surface area contributed by atoms with E-state index in [2.05, 4.69) is 41.8 Å². The molecule has 1 atom stereocenters. The van der Waals surface area contributed by atoms with E-state index >= 15 is 0 Å². The largest absolute Gasteiger partial charge is 0.354 e. The molecule has 1 aliphatic rings. The van der Waals surface area contributed by atoms with Crippen LogP contribution in [-0.2, 0) is 4.79 Å². The first-order valence-electron chi connectivity index (χ1n) is 6.66. The maximum atomic E-state index is 12.0. The monoisotopic (exact) mass is 266 g/mol. The first-order chi connectivity index (χ1) is 8.68. The molecule has 0 saturated heterocycles. The van der Waals surface area contributed by atoms with Crippen LogP contribution in [-0.4, -0.2) is 31.4 Å². The van der Waals surface area contributed by atoms with Gasteiger partial charge in [-0.1, -0.05) is 18.9 Å². The molecular weight excluding hydrogens is 244 g/mol. The summed E-state index contributed by atoms with van der Waals surface area (Å²) in [5.41, 5.74) is 0. The predicted octanol–water partition coefficient (Wildman–Crippen LogP) is 2.66. The van der Waals surface area contributed by atoms with E-state index in [1.165, 1.54) is 17.7 Å². The molecule has 0 aliphatic heterocycles. The van der Waals surface area contributed by atoms with Crippen molar-refractivity contribution in [2.45, 2.75) is 31.7 Å². The highest BCUT2D eigenvalue weighted by molar-refractivity contribution is 7.10. The number of carbonyl (C=O) groups excluding carboxylic acids is 1. The summed E-state index contributed by atoms with van der Waals surface area (Å²) in [4.78, 5) is 15.5. The number of amides is 1. The van der Waals surface area contributed by atoms with E-state index in [0.717, 1.165) is 12.8 Å². The van der Waals surface area contributed by atoms with Crippen LogP contribution in [0, 0.1) is 5.92 Å². The van der Waals surface area contributed by atoms with E-state index in [1.54, 1.807) is 11.3 Å². The third-order valence-corrected chi connectivity index (χ3v) is 4.66. The van der Waals surface area contributed by atoms with Crippen LogP contribution in [0.2, 0.25) is 0 Å². The van der Waals surface area contributed by atoms with Crippen LogP contribution in [0.5, 0.6) is 0 Å². The van der Waals surface area contributed by atoms with Gasteiger partial charge in [0.2, 0.25) is 5.91 Å². The van der Waals surface area contributed by atoms with Gasteiger partial charge in [0.15, 0.2) is 0 Å². The zero-order valence-corrected chi connectivity index (χ0v) is 12.0. The molecule has 1 saturated carbocycles. The van der Waals surface area contributed by atoms with E-state index in [0.29, 0.717) is 6.54 Å². The van der Waals surface area contributed by atoms with Crippen LogP contribution >= 0.6 is 11.3 Å². The lowest BCUT2D eigenvalue weighted by molar-refractivity contribution is -0.125. The fourth-order valence-electron chi connectivity index (χ4n) is 2.55. The minimum absolute atomic E-state index is 0.246. The topological polar surface area (TPSA) is 32.3 Å². The summed E-state index contributed by atoms with van der Waals surface area (Å²) in [5, 5.41) is 5.21. The van der Waals surface area contributed by atoms with Gasteiger partial charge in [0.05, 0.1) is 6.04 Å². The Morgan fingerprint density at radius 1 is 1.50 bits per heavy atom. The van der Waals surface area contributed by atoms with Crippen molar-refractivity contribution in [3.63, 3.8) is 0 Å². The average molecular weight is 266 g/mol. The van der Waals surface area contributed by atoms with Crippen molar-refractivity contribution in [2.24, 2.45) is 5.92 Å². The standard InChI is InChI=1S/C14H22N2OS/c1-16(2)12(13-8-5-9-18-13)10-15-14(17)11-6-3-4-7-11/h5,8-9,11-12H,3-4,6-7,10H2,1-2H3,(H,15,17)/t12-/m1/s1. The fourth-order valence-corrected chi connectivity index (χ4v) is 3.47. The maximum absolute atomic E-state index is 12.0. The normalized spacial score (nSPS) is 18.2. The number of rotatable bonds is 5. The molecule has 1 aromatic rings. The average Bonchev–Trinajstić information content (AvgIpc) is 3.01. The molecule has 0 spiro atoms. The molecule has 1 fully saturated rings. The summed E-state index contributed by atoms with van der Waals surface area (Å²) in [5.74, 6) is 0.507.